The summed E-state index contributed by atoms with van der Waals surface area (Å²) in [7, 11) is 0. The Kier molecular flexibility index (Phi) is 6.40. The number of anilines is 1. The Bertz CT molecular complexity index is 1030. The van der Waals surface area contributed by atoms with Gasteiger partial charge < -0.3 is 10.2 Å². The van der Waals surface area contributed by atoms with Gasteiger partial charge in [0.2, 0.25) is 5.91 Å². The molecule has 3 aromatic rings. The van der Waals surface area contributed by atoms with Crippen LogP contribution in [0.25, 0.3) is 0 Å². The van der Waals surface area contributed by atoms with E-state index in [0.29, 0.717) is 35.9 Å². The maximum Gasteiger partial charge on any atom is 0.275 e. The van der Waals surface area contributed by atoms with E-state index in [1.165, 1.54) is 11.3 Å². The van der Waals surface area contributed by atoms with E-state index in [1.807, 2.05) is 23.1 Å². The van der Waals surface area contributed by atoms with E-state index in [4.69, 9.17) is 11.6 Å². The summed E-state index contributed by atoms with van der Waals surface area (Å²) in [5.74, 6) is 0.120. The van der Waals surface area contributed by atoms with Gasteiger partial charge in [0.15, 0.2) is 0 Å². The third-order valence-corrected chi connectivity index (χ3v) is 6.55. The fourth-order valence-electron chi connectivity index (χ4n) is 3.50. The number of halogens is 1. The predicted octanol–water partition coefficient (Wildman–Crippen LogP) is 4.39. The fraction of sp³-hybridized carbons (Fsp3) is 0.273. The van der Waals surface area contributed by atoms with Gasteiger partial charge in [0.05, 0.1) is 23.3 Å². The summed E-state index contributed by atoms with van der Waals surface area (Å²) in [5, 5.41) is 6.17. The average Bonchev–Trinajstić information content (AvgIpc) is 3.27. The van der Waals surface area contributed by atoms with Gasteiger partial charge >= 0.3 is 0 Å². The number of nitrogens with one attached hydrogen (secondary N) is 1. The Balaban J connectivity index is 1.32. The number of aromatic nitrogens is 2. The number of rotatable bonds is 5. The minimum absolute atomic E-state index is 0.0947. The van der Waals surface area contributed by atoms with Gasteiger partial charge in [0.1, 0.15) is 5.69 Å². The first-order valence-corrected chi connectivity index (χ1v) is 11.0. The van der Waals surface area contributed by atoms with E-state index in [9.17, 15) is 9.59 Å². The Hall–Kier alpha value is -2.77. The molecule has 154 valence electrons. The lowest BCUT2D eigenvalue weighted by Gasteiger charge is -2.31. The van der Waals surface area contributed by atoms with Gasteiger partial charge in [-0.15, -0.1) is 11.3 Å². The van der Waals surface area contributed by atoms with Gasteiger partial charge in [-0.1, -0.05) is 29.8 Å². The first kappa shape index (κ1) is 20.5. The number of pyridine rings is 1. The van der Waals surface area contributed by atoms with Gasteiger partial charge in [0.25, 0.3) is 5.91 Å². The van der Waals surface area contributed by atoms with Crippen molar-refractivity contribution >= 4 is 40.4 Å². The summed E-state index contributed by atoms with van der Waals surface area (Å²) >= 11 is 7.68. The summed E-state index contributed by atoms with van der Waals surface area (Å²) in [6, 6.07) is 11.0. The molecule has 8 heteroatoms. The minimum atomic E-state index is -0.238. The Morgan fingerprint density at radius 2 is 1.97 bits per heavy atom. The van der Waals surface area contributed by atoms with Crippen LogP contribution in [0.15, 0.2) is 54.2 Å². The molecule has 1 N–H and O–H groups in total. The smallest absolute Gasteiger partial charge is 0.275 e. The van der Waals surface area contributed by atoms with E-state index in [1.54, 1.807) is 36.0 Å². The van der Waals surface area contributed by atoms with Crippen LogP contribution >= 0.6 is 22.9 Å². The van der Waals surface area contributed by atoms with E-state index < -0.39 is 0 Å². The van der Waals surface area contributed by atoms with E-state index in [0.717, 1.165) is 23.4 Å². The molecule has 0 aliphatic carbocycles. The largest absolute Gasteiger partial charge is 0.342 e. The summed E-state index contributed by atoms with van der Waals surface area (Å²) < 4.78 is 0. The number of piperidine rings is 1. The molecule has 3 heterocycles. The Morgan fingerprint density at radius 1 is 1.17 bits per heavy atom. The maximum absolute atomic E-state index is 12.6. The van der Waals surface area contributed by atoms with Gasteiger partial charge in [-0.3, -0.25) is 14.6 Å². The highest BCUT2D eigenvalue weighted by molar-refractivity contribution is 7.10. The summed E-state index contributed by atoms with van der Waals surface area (Å²) in [6.07, 6.45) is 5.25. The first-order chi connectivity index (χ1) is 14.6. The van der Waals surface area contributed by atoms with Crippen LogP contribution in [0.4, 0.5) is 5.69 Å². The molecule has 1 aromatic carbocycles. The standard InChI is InChI=1S/C22H21ClN4O2S/c23-18-6-2-1-4-16(18)12-20(28)27-10-7-15(8-11-27)22-26-19(14-30-22)21(29)25-17-5-3-9-24-13-17/h1-6,9,13-15H,7-8,10-12H2,(H,25,29). The van der Waals surface area contributed by atoms with E-state index in [2.05, 4.69) is 15.3 Å². The van der Waals surface area contributed by atoms with Crippen LogP contribution in [0.5, 0.6) is 0 Å². The first-order valence-electron chi connectivity index (χ1n) is 9.78. The molecule has 0 saturated carbocycles. The second-order valence-electron chi connectivity index (χ2n) is 7.19. The van der Waals surface area contributed by atoms with Crippen molar-refractivity contribution in [2.75, 3.05) is 18.4 Å². The highest BCUT2D eigenvalue weighted by Gasteiger charge is 2.26. The second-order valence-corrected chi connectivity index (χ2v) is 8.49. The average molecular weight is 441 g/mol. The lowest BCUT2D eigenvalue weighted by molar-refractivity contribution is -0.131. The molecule has 1 fully saturated rings. The van der Waals surface area contributed by atoms with Crippen molar-refractivity contribution in [1.29, 1.82) is 0 Å². The van der Waals surface area contributed by atoms with Gasteiger partial charge in [-0.25, -0.2) is 4.98 Å². The number of hydrogen-bond donors (Lipinski definition) is 1. The van der Waals surface area contributed by atoms with Crippen LogP contribution in [0.3, 0.4) is 0 Å². The molecule has 0 unspecified atom stereocenters. The van der Waals surface area contributed by atoms with E-state index in [-0.39, 0.29) is 17.7 Å². The van der Waals surface area contributed by atoms with Crippen LogP contribution < -0.4 is 5.32 Å². The number of nitrogens with zero attached hydrogens (tertiary/aromatic N) is 3. The van der Waals surface area contributed by atoms with Crippen LogP contribution in [-0.2, 0) is 11.2 Å². The molecule has 1 saturated heterocycles. The number of amides is 2. The molecule has 0 spiro atoms. The van der Waals surface area contributed by atoms with E-state index >= 15 is 0 Å². The van der Waals surface area contributed by atoms with Gasteiger partial charge in [-0.05, 0) is 36.6 Å². The van der Waals surface area contributed by atoms with Crippen molar-refractivity contribution in [3.05, 3.63) is 75.5 Å². The van der Waals surface area contributed by atoms with Crippen molar-refractivity contribution in [1.82, 2.24) is 14.9 Å². The van der Waals surface area contributed by atoms with Crippen molar-refractivity contribution < 1.29 is 9.59 Å². The third-order valence-electron chi connectivity index (χ3n) is 5.17. The zero-order valence-electron chi connectivity index (χ0n) is 16.3. The van der Waals surface area contributed by atoms with Crippen LogP contribution in [0.2, 0.25) is 5.02 Å². The van der Waals surface area contributed by atoms with Crippen LogP contribution in [0, 0.1) is 0 Å². The normalized spacial score (nSPS) is 14.5. The molecule has 0 radical (unpaired) electrons. The highest BCUT2D eigenvalue weighted by Crippen LogP contribution is 2.31. The summed E-state index contributed by atoms with van der Waals surface area (Å²) in [4.78, 5) is 35.4. The highest BCUT2D eigenvalue weighted by atomic mass is 35.5. The second kappa shape index (κ2) is 9.36. The minimum Gasteiger partial charge on any atom is -0.342 e. The molecule has 30 heavy (non-hydrogen) atoms. The Labute approximate surface area is 183 Å². The molecule has 6 nitrogen and oxygen atoms in total. The number of carbonyl (C=O) groups excluding carboxylic acids is 2. The third kappa shape index (κ3) is 4.86. The van der Waals surface area contributed by atoms with Crippen molar-refractivity contribution in [2.24, 2.45) is 0 Å². The quantitative estimate of drug-likeness (QED) is 0.638. The number of likely N-dealkylation sites (tertiary alicyclic amines) is 1. The SMILES string of the molecule is O=C(Nc1cccnc1)c1csc(C2CCN(C(=O)Cc3ccccc3Cl)CC2)n1. The Morgan fingerprint density at radius 3 is 2.70 bits per heavy atom. The lowest BCUT2D eigenvalue weighted by atomic mass is 9.97. The summed E-state index contributed by atoms with van der Waals surface area (Å²) in [6.45, 7) is 1.37. The lowest BCUT2D eigenvalue weighted by Crippen LogP contribution is -2.38. The predicted molar refractivity (Wildman–Crippen MR) is 118 cm³/mol. The zero-order valence-corrected chi connectivity index (χ0v) is 17.8. The number of carbonyl (C=O) groups is 2. The molecular weight excluding hydrogens is 420 g/mol. The van der Waals surface area contributed by atoms with Crippen LogP contribution in [0.1, 0.15) is 39.8 Å². The maximum atomic E-state index is 12.6. The number of benzene rings is 1. The van der Waals surface area contributed by atoms with Crippen molar-refractivity contribution in [3.63, 3.8) is 0 Å². The molecule has 0 atom stereocenters. The molecule has 1 aliphatic heterocycles. The van der Waals surface area contributed by atoms with Gasteiger partial charge in [0, 0.05) is 35.6 Å². The zero-order chi connectivity index (χ0) is 20.9. The molecule has 2 aromatic heterocycles. The van der Waals surface area contributed by atoms with Crippen molar-refractivity contribution in [3.8, 4) is 0 Å². The monoisotopic (exact) mass is 440 g/mol. The molecule has 1 aliphatic rings. The topological polar surface area (TPSA) is 75.2 Å². The van der Waals surface area contributed by atoms with Gasteiger partial charge in [-0.2, -0.15) is 0 Å². The van der Waals surface area contributed by atoms with Crippen molar-refractivity contribution in [2.45, 2.75) is 25.2 Å². The molecule has 0 bridgehead atoms. The molecule has 4 rings (SSSR count). The number of thiazole rings is 1. The van der Waals surface area contributed by atoms with Crippen LogP contribution in [-0.4, -0.2) is 39.8 Å². The summed E-state index contributed by atoms with van der Waals surface area (Å²) in [5.41, 5.74) is 1.91. The molecule has 2 amide bonds. The number of hydrogen-bond acceptors (Lipinski definition) is 5. The molecular formula is C22H21ClN4O2S. The fourth-order valence-corrected chi connectivity index (χ4v) is 4.68.